The zero-order valence-electron chi connectivity index (χ0n) is 7.97. The zero-order valence-corrected chi connectivity index (χ0v) is 7.97. The maximum absolute atomic E-state index is 5.95. The van der Waals surface area contributed by atoms with Crippen LogP contribution in [0.1, 0.15) is 30.6 Å². The van der Waals surface area contributed by atoms with E-state index < -0.39 is 0 Å². The minimum Gasteiger partial charge on any atom is -0.379 e. The van der Waals surface area contributed by atoms with Gasteiger partial charge in [0, 0.05) is 12.1 Å². The number of rotatable bonds is 2. The second kappa shape index (κ2) is 3.03. The SMILES string of the molecule is NC1COCC1c1nncn1C1CC1. The van der Waals surface area contributed by atoms with Crippen LogP contribution in [-0.4, -0.2) is 34.0 Å². The Morgan fingerprint density at radius 2 is 2.29 bits per heavy atom. The highest BCUT2D eigenvalue weighted by molar-refractivity contribution is 5.07. The van der Waals surface area contributed by atoms with Crippen LogP contribution >= 0.6 is 0 Å². The third-order valence-corrected chi connectivity index (χ3v) is 3.00. The van der Waals surface area contributed by atoms with E-state index in [9.17, 15) is 0 Å². The number of nitrogens with two attached hydrogens (primary N) is 1. The van der Waals surface area contributed by atoms with Gasteiger partial charge in [-0.1, -0.05) is 0 Å². The second-order valence-electron chi connectivity index (χ2n) is 4.14. The van der Waals surface area contributed by atoms with Crippen LogP contribution in [0.5, 0.6) is 0 Å². The lowest BCUT2D eigenvalue weighted by molar-refractivity contribution is 0.190. The first-order valence-corrected chi connectivity index (χ1v) is 5.09. The summed E-state index contributed by atoms with van der Waals surface area (Å²) in [7, 11) is 0. The Balaban J connectivity index is 1.90. The minimum atomic E-state index is 0.0803. The van der Waals surface area contributed by atoms with E-state index in [1.54, 1.807) is 0 Å². The van der Waals surface area contributed by atoms with Gasteiger partial charge in [0.2, 0.25) is 0 Å². The van der Waals surface area contributed by atoms with Crippen LogP contribution < -0.4 is 5.73 Å². The molecule has 0 radical (unpaired) electrons. The van der Waals surface area contributed by atoms with Crippen LogP contribution in [0.4, 0.5) is 0 Å². The van der Waals surface area contributed by atoms with Crippen LogP contribution in [0.15, 0.2) is 6.33 Å². The normalized spacial score (nSPS) is 32.4. The third kappa shape index (κ3) is 1.24. The monoisotopic (exact) mass is 194 g/mol. The Morgan fingerprint density at radius 3 is 2.93 bits per heavy atom. The van der Waals surface area contributed by atoms with Gasteiger partial charge in [-0.05, 0) is 12.8 Å². The lowest BCUT2D eigenvalue weighted by atomic mass is 10.0. The maximum Gasteiger partial charge on any atom is 0.140 e. The van der Waals surface area contributed by atoms with Gasteiger partial charge in [0.25, 0.3) is 0 Å². The molecule has 1 saturated heterocycles. The summed E-state index contributed by atoms with van der Waals surface area (Å²) in [5, 5.41) is 8.13. The molecule has 5 nitrogen and oxygen atoms in total. The van der Waals surface area contributed by atoms with Crippen molar-refractivity contribution in [1.82, 2.24) is 14.8 Å². The van der Waals surface area contributed by atoms with Crippen molar-refractivity contribution in [2.45, 2.75) is 30.8 Å². The zero-order chi connectivity index (χ0) is 9.54. The number of nitrogens with zero attached hydrogens (tertiary/aromatic N) is 3. The lowest BCUT2D eigenvalue weighted by Crippen LogP contribution is -2.28. The summed E-state index contributed by atoms with van der Waals surface area (Å²) in [6.45, 7) is 1.33. The van der Waals surface area contributed by atoms with Crippen LogP contribution in [0, 0.1) is 0 Å². The summed E-state index contributed by atoms with van der Waals surface area (Å²) in [5.74, 6) is 1.25. The number of aromatic nitrogens is 3. The number of ether oxygens (including phenoxy) is 1. The number of hydrogen-bond acceptors (Lipinski definition) is 4. The van der Waals surface area contributed by atoms with Gasteiger partial charge in [-0.15, -0.1) is 10.2 Å². The lowest BCUT2D eigenvalue weighted by Gasteiger charge is -2.13. The van der Waals surface area contributed by atoms with E-state index in [4.69, 9.17) is 10.5 Å². The molecule has 2 heterocycles. The van der Waals surface area contributed by atoms with Crippen molar-refractivity contribution in [3.8, 4) is 0 Å². The van der Waals surface area contributed by atoms with E-state index in [1.165, 1.54) is 12.8 Å². The molecule has 1 saturated carbocycles. The Hall–Kier alpha value is -0.940. The average molecular weight is 194 g/mol. The molecular weight excluding hydrogens is 180 g/mol. The summed E-state index contributed by atoms with van der Waals surface area (Å²) in [5.41, 5.74) is 5.95. The number of hydrogen-bond donors (Lipinski definition) is 1. The van der Waals surface area contributed by atoms with E-state index in [-0.39, 0.29) is 12.0 Å². The summed E-state index contributed by atoms with van der Waals surface area (Å²) in [6, 6.07) is 0.699. The summed E-state index contributed by atoms with van der Waals surface area (Å²) in [4.78, 5) is 0. The smallest absolute Gasteiger partial charge is 0.140 e. The van der Waals surface area contributed by atoms with E-state index >= 15 is 0 Å². The first-order chi connectivity index (χ1) is 6.86. The fourth-order valence-corrected chi connectivity index (χ4v) is 1.99. The van der Waals surface area contributed by atoms with Gasteiger partial charge < -0.3 is 15.0 Å². The van der Waals surface area contributed by atoms with Gasteiger partial charge in [0.1, 0.15) is 12.2 Å². The van der Waals surface area contributed by atoms with Gasteiger partial charge in [0.15, 0.2) is 0 Å². The molecule has 2 N–H and O–H groups in total. The van der Waals surface area contributed by atoms with E-state index in [0.717, 1.165) is 5.82 Å². The molecule has 76 valence electrons. The molecule has 1 aliphatic heterocycles. The van der Waals surface area contributed by atoms with E-state index in [0.29, 0.717) is 19.3 Å². The molecule has 0 aromatic carbocycles. The molecule has 2 unspecified atom stereocenters. The molecule has 0 amide bonds. The van der Waals surface area contributed by atoms with Gasteiger partial charge in [-0.2, -0.15) is 0 Å². The third-order valence-electron chi connectivity index (χ3n) is 3.00. The van der Waals surface area contributed by atoms with Crippen molar-refractivity contribution in [2.75, 3.05) is 13.2 Å². The van der Waals surface area contributed by atoms with Gasteiger partial charge in [-0.3, -0.25) is 0 Å². The summed E-state index contributed by atoms with van der Waals surface area (Å²) >= 11 is 0. The predicted molar refractivity (Wildman–Crippen MR) is 49.8 cm³/mol. The molecule has 14 heavy (non-hydrogen) atoms. The topological polar surface area (TPSA) is 66.0 Å². The molecule has 2 aliphatic rings. The van der Waals surface area contributed by atoms with Gasteiger partial charge in [0.05, 0.1) is 19.1 Å². The molecule has 2 fully saturated rings. The van der Waals surface area contributed by atoms with Crippen LogP contribution in [-0.2, 0) is 4.74 Å². The van der Waals surface area contributed by atoms with Crippen molar-refractivity contribution in [1.29, 1.82) is 0 Å². The van der Waals surface area contributed by atoms with E-state index in [1.807, 2.05) is 6.33 Å². The van der Waals surface area contributed by atoms with Crippen molar-refractivity contribution in [3.63, 3.8) is 0 Å². The van der Waals surface area contributed by atoms with E-state index in [2.05, 4.69) is 14.8 Å². The fourth-order valence-electron chi connectivity index (χ4n) is 1.99. The van der Waals surface area contributed by atoms with Crippen LogP contribution in [0.25, 0.3) is 0 Å². The van der Waals surface area contributed by atoms with Gasteiger partial charge >= 0.3 is 0 Å². The molecule has 1 aromatic heterocycles. The predicted octanol–water partition coefficient (Wildman–Crippen LogP) is 0.0541. The Kier molecular flexibility index (Phi) is 1.81. The molecule has 0 spiro atoms. The molecule has 5 heteroatoms. The molecule has 1 aromatic rings. The highest BCUT2D eigenvalue weighted by Gasteiger charge is 2.34. The second-order valence-corrected chi connectivity index (χ2v) is 4.14. The highest BCUT2D eigenvalue weighted by atomic mass is 16.5. The quantitative estimate of drug-likeness (QED) is 0.722. The minimum absolute atomic E-state index is 0.0803. The van der Waals surface area contributed by atoms with Crippen molar-refractivity contribution >= 4 is 0 Å². The first-order valence-electron chi connectivity index (χ1n) is 5.09. The van der Waals surface area contributed by atoms with Crippen molar-refractivity contribution in [3.05, 3.63) is 12.2 Å². The van der Waals surface area contributed by atoms with Crippen molar-refractivity contribution in [2.24, 2.45) is 5.73 Å². The van der Waals surface area contributed by atoms with Crippen molar-refractivity contribution < 1.29 is 4.74 Å². The Bertz CT molecular complexity index is 333. The Labute approximate surface area is 82.3 Å². The molecular formula is C9H14N4O. The molecule has 3 rings (SSSR count). The average Bonchev–Trinajstić information content (AvgIpc) is 2.75. The van der Waals surface area contributed by atoms with Gasteiger partial charge in [-0.25, -0.2) is 0 Å². The summed E-state index contributed by atoms with van der Waals surface area (Å²) in [6.07, 6.45) is 4.31. The molecule has 2 atom stereocenters. The first kappa shape index (κ1) is 8.38. The van der Waals surface area contributed by atoms with Crippen LogP contribution in [0.2, 0.25) is 0 Å². The standard InChI is InChI=1S/C9H14N4O/c10-8-4-14-3-7(8)9-12-11-5-13(9)6-1-2-6/h5-8H,1-4,10H2. The van der Waals surface area contributed by atoms with Crippen LogP contribution in [0.3, 0.4) is 0 Å². The summed E-state index contributed by atoms with van der Waals surface area (Å²) < 4.78 is 7.51. The molecule has 0 bridgehead atoms. The largest absolute Gasteiger partial charge is 0.379 e. The maximum atomic E-state index is 5.95. The molecule has 1 aliphatic carbocycles. The Morgan fingerprint density at radius 1 is 1.43 bits per heavy atom. The fraction of sp³-hybridized carbons (Fsp3) is 0.778. The highest BCUT2D eigenvalue weighted by Crippen LogP contribution is 2.37.